The van der Waals surface area contributed by atoms with Crippen molar-refractivity contribution in [3.8, 4) is 0 Å². The van der Waals surface area contributed by atoms with Gasteiger partial charge in [0, 0.05) is 5.92 Å². The average molecular weight is 214 g/mol. The molecule has 16 heavy (non-hydrogen) atoms. The van der Waals surface area contributed by atoms with E-state index in [4.69, 9.17) is 0 Å². The number of allylic oxidation sites excluding steroid dienone is 3. The normalized spacial score (nSPS) is 14.7. The van der Waals surface area contributed by atoms with Crippen LogP contribution in [0.4, 0.5) is 0 Å². The van der Waals surface area contributed by atoms with Gasteiger partial charge in [-0.25, -0.2) is 0 Å². The number of hydrogen-bond donors (Lipinski definition) is 0. The molecule has 0 saturated heterocycles. The molecule has 0 spiro atoms. The van der Waals surface area contributed by atoms with Gasteiger partial charge in [-0.15, -0.1) is 0 Å². The third-order valence-electron chi connectivity index (χ3n) is 2.84. The van der Waals surface area contributed by atoms with Gasteiger partial charge in [0.1, 0.15) is 0 Å². The van der Waals surface area contributed by atoms with Crippen molar-refractivity contribution >= 4 is 6.08 Å². The lowest BCUT2D eigenvalue weighted by Gasteiger charge is -2.18. The van der Waals surface area contributed by atoms with Crippen molar-refractivity contribution in [2.45, 2.75) is 27.7 Å². The van der Waals surface area contributed by atoms with Crippen molar-refractivity contribution in [2.75, 3.05) is 0 Å². The summed E-state index contributed by atoms with van der Waals surface area (Å²) in [5.74, 6) is 1.20. The monoisotopic (exact) mass is 214 g/mol. The first-order valence-electron chi connectivity index (χ1n) is 6.01. The minimum absolute atomic E-state index is 0.546. The number of hydrogen-bond acceptors (Lipinski definition) is 0. The van der Waals surface area contributed by atoms with E-state index in [1.165, 1.54) is 11.1 Å². The number of rotatable bonds is 4. The molecule has 0 aliphatic heterocycles. The minimum atomic E-state index is 0.546. The van der Waals surface area contributed by atoms with Crippen LogP contribution >= 0.6 is 0 Å². The fraction of sp³-hybridized carbons (Fsp3) is 0.375. The summed E-state index contributed by atoms with van der Waals surface area (Å²) in [5.41, 5.74) is 2.72. The van der Waals surface area contributed by atoms with Gasteiger partial charge in [-0.2, -0.15) is 0 Å². The topological polar surface area (TPSA) is 0 Å². The highest BCUT2D eigenvalue weighted by Gasteiger charge is 2.11. The van der Waals surface area contributed by atoms with Crippen LogP contribution in [0.3, 0.4) is 0 Å². The summed E-state index contributed by atoms with van der Waals surface area (Å²) in [6, 6.07) is 10.5. The van der Waals surface area contributed by atoms with Crippen molar-refractivity contribution in [1.29, 1.82) is 0 Å². The molecule has 86 valence electrons. The molecule has 1 aromatic carbocycles. The molecular formula is C16H22. The molecule has 1 atom stereocenters. The maximum absolute atomic E-state index is 2.29. The molecule has 0 fully saturated rings. The Morgan fingerprint density at radius 1 is 1.12 bits per heavy atom. The van der Waals surface area contributed by atoms with Crippen LogP contribution in [0.25, 0.3) is 6.08 Å². The smallest absolute Gasteiger partial charge is 0.0000219 e. The van der Waals surface area contributed by atoms with E-state index in [0.29, 0.717) is 11.8 Å². The van der Waals surface area contributed by atoms with Crippen molar-refractivity contribution in [3.63, 3.8) is 0 Å². The third kappa shape index (κ3) is 3.69. The third-order valence-corrected chi connectivity index (χ3v) is 2.84. The largest absolute Gasteiger partial charge is 0.0911 e. The quantitative estimate of drug-likeness (QED) is 0.623. The Morgan fingerprint density at radius 3 is 2.25 bits per heavy atom. The van der Waals surface area contributed by atoms with Crippen LogP contribution < -0.4 is 0 Å². The van der Waals surface area contributed by atoms with Crippen LogP contribution in [-0.2, 0) is 0 Å². The van der Waals surface area contributed by atoms with Gasteiger partial charge in [-0.1, -0.05) is 68.0 Å². The first kappa shape index (κ1) is 12.8. The van der Waals surface area contributed by atoms with E-state index in [9.17, 15) is 0 Å². The second-order valence-corrected chi connectivity index (χ2v) is 4.59. The Morgan fingerprint density at radius 2 is 1.75 bits per heavy atom. The van der Waals surface area contributed by atoms with E-state index in [1.807, 2.05) is 0 Å². The van der Waals surface area contributed by atoms with Crippen LogP contribution in [0.1, 0.15) is 33.3 Å². The van der Waals surface area contributed by atoms with Crippen molar-refractivity contribution in [2.24, 2.45) is 11.8 Å². The fourth-order valence-corrected chi connectivity index (χ4v) is 2.02. The van der Waals surface area contributed by atoms with Crippen LogP contribution in [0, 0.1) is 11.8 Å². The maximum atomic E-state index is 2.29. The molecule has 1 aromatic rings. The van der Waals surface area contributed by atoms with Crippen LogP contribution in [0.2, 0.25) is 0 Å². The lowest BCUT2D eigenvalue weighted by molar-refractivity contribution is 0.528. The first-order chi connectivity index (χ1) is 7.65. The SMILES string of the molecule is C/C=C/C(/C(C)=C/c1ccccc1)C(C)C. The molecule has 0 bridgehead atoms. The molecule has 1 unspecified atom stereocenters. The van der Waals surface area contributed by atoms with Gasteiger partial charge in [0.15, 0.2) is 0 Å². The van der Waals surface area contributed by atoms with E-state index in [-0.39, 0.29) is 0 Å². The van der Waals surface area contributed by atoms with Gasteiger partial charge in [-0.05, 0) is 25.3 Å². The van der Waals surface area contributed by atoms with Gasteiger partial charge in [0.25, 0.3) is 0 Å². The molecule has 0 heterocycles. The van der Waals surface area contributed by atoms with Gasteiger partial charge in [0.2, 0.25) is 0 Å². The van der Waals surface area contributed by atoms with Gasteiger partial charge < -0.3 is 0 Å². The fourth-order valence-electron chi connectivity index (χ4n) is 2.02. The summed E-state index contributed by atoms with van der Waals surface area (Å²) in [5, 5.41) is 0. The Labute approximate surface area is 99.7 Å². The van der Waals surface area contributed by atoms with Crippen molar-refractivity contribution in [3.05, 3.63) is 53.6 Å². The van der Waals surface area contributed by atoms with Crippen molar-refractivity contribution in [1.82, 2.24) is 0 Å². The summed E-state index contributed by atoms with van der Waals surface area (Å²) in [7, 11) is 0. The summed E-state index contributed by atoms with van der Waals surface area (Å²) in [6.45, 7) is 8.85. The van der Waals surface area contributed by atoms with E-state index in [2.05, 4.69) is 76.3 Å². The number of benzene rings is 1. The molecule has 0 nitrogen and oxygen atoms in total. The average Bonchev–Trinajstić information content (AvgIpc) is 2.26. The summed E-state index contributed by atoms with van der Waals surface area (Å²) in [6.07, 6.45) is 6.72. The molecule has 0 N–H and O–H groups in total. The lowest BCUT2D eigenvalue weighted by Crippen LogP contribution is -2.06. The summed E-state index contributed by atoms with van der Waals surface area (Å²) < 4.78 is 0. The minimum Gasteiger partial charge on any atom is -0.0911 e. The first-order valence-corrected chi connectivity index (χ1v) is 6.01. The van der Waals surface area contributed by atoms with E-state index >= 15 is 0 Å². The van der Waals surface area contributed by atoms with Crippen LogP contribution in [0.5, 0.6) is 0 Å². The molecule has 1 rings (SSSR count). The molecule has 0 aliphatic rings. The van der Waals surface area contributed by atoms with Crippen molar-refractivity contribution < 1.29 is 0 Å². The van der Waals surface area contributed by atoms with Gasteiger partial charge in [0.05, 0.1) is 0 Å². The second kappa shape index (κ2) is 6.32. The zero-order chi connectivity index (χ0) is 12.0. The molecule has 0 radical (unpaired) electrons. The highest BCUT2D eigenvalue weighted by Crippen LogP contribution is 2.23. The Kier molecular flexibility index (Phi) is 5.04. The van der Waals surface area contributed by atoms with E-state index in [1.54, 1.807) is 0 Å². The molecule has 0 aliphatic carbocycles. The Balaban J connectivity index is 2.90. The van der Waals surface area contributed by atoms with E-state index in [0.717, 1.165) is 0 Å². The molecule has 0 saturated carbocycles. The molecule has 0 heteroatoms. The van der Waals surface area contributed by atoms with Crippen LogP contribution in [0.15, 0.2) is 48.1 Å². The standard InChI is InChI=1S/C16H22/c1-5-9-16(13(2)3)14(4)12-15-10-7-6-8-11-15/h5-13,16H,1-4H3/b9-5+,14-12+. The molecule has 0 amide bonds. The Hall–Kier alpha value is -1.30. The Bertz CT molecular complexity index is 355. The highest BCUT2D eigenvalue weighted by molar-refractivity contribution is 5.53. The summed E-state index contributed by atoms with van der Waals surface area (Å²) in [4.78, 5) is 0. The molecular weight excluding hydrogens is 192 g/mol. The highest BCUT2D eigenvalue weighted by atomic mass is 14.2. The zero-order valence-corrected chi connectivity index (χ0v) is 10.8. The lowest BCUT2D eigenvalue weighted by atomic mass is 9.87. The molecule has 0 aromatic heterocycles. The van der Waals surface area contributed by atoms with Crippen LogP contribution in [-0.4, -0.2) is 0 Å². The maximum Gasteiger partial charge on any atom is 0.0000219 e. The van der Waals surface area contributed by atoms with Gasteiger partial charge in [-0.3, -0.25) is 0 Å². The predicted molar refractivity (Wildman–Crippen MR) is 73.2 cm³/mol. The van der Waals surface area contributed by atoms with E-state index < -0.39 is 0 Å². The predicted octanol–water partition coefficient (Wildman–Crippen LogP) is 4.94. The zero-order valence-electron chi connectivity index (χ0n) is 10.8. The second-order valence-electron chi connectivity index (χ2n) is 4.59. The summed E-state index contributed by atoms with van der Waals surface area (Å²) >= 11 is 0. The van der Waals surface area contributed by atoms with Gasteiger partial charge >= 0.3 is 0 Å².